The maximum atomic E-state index is 11.3. The number of nitrogens with one attached hydrogen (secondary N) is 3. The Kier molecular flexibility index (Phi) is 5.88. The van der Waals surface area contributed by atoms with Crippen molar-refractivity contribution in [2.45, 2.75) is 18.2 Å². The molecule has 10 heteroatoms. The molecule has 1 aromatic carbocycles. The van der Waals surface area contributed by atoms with Gasteiger partial charge in [-0.05, 0) is 5.75 Å². The minimum absolute atomic E-state index is 0.0700. The van der Waals surface area contributed by atoms with Crippen molar-refractivity contribution in [2.24, 2.45) is 0 Å². The number of benzene rings is 1. The molecule has 0 radical (unpaired) electrons. The van der Waals surface area contributed by atoms with E-state index in [0.29, 0.717) is 16.5 Å². The SMILES string of the molecule is CCSc1nnc(NNc2cc(OC)c(O)cc2NC(C)=O)s1. The number of anilines is 3. The van der Waals surface area contributed by atoms with Crippen LogP contribution in [0.3, 0.4) is 0 Å². The standard InChI is InChI=1S/C13H17N5O3S2/c1-4-22-13-18-17-12(23-13)16-15-9-6-11(21-3)10(20)5-8(9)14-7(2)19/h5-6,15,20H,4H2,1-3H3,(H,14,19)(H,16,17). The van der Waals surface area contributed by atoms with E-state index in [2.05, 4.69) is 26.4 Å². The quantitative estimate of drug-likeness (QED) is 0.341. The number of rotatable bonds is 7. The van der Waals surface area contributed by atoms with Crippen molar-refractivity contribution in [1.29, 1.82) is 0 Å². The van der Waals surface area contributed by atoms with Crippen LogP contribution in [0.2, 0.25) is 0 Å². The topological polar surface area (TPSA) is 108 Å². The van der Waals surface area contributed by atoms with Crippen LogP contribution in [0.15, 0.2) is 16.5 Å². The summed E-state index contributed by atoms with van der Waals surface area (Å²) in [7, 11) is 1.45. The van der Waals surface area contributed by atoms with Gasteiger partial charge in [0.1, 0.15) is 0 Å². The molecule has 1 aromatic heterocycles. The lowest BCUT2D eigenvalue weighted by molar-refractivity contribution is -0.114. The first kappa shape index (κ1) is 17.2. The van der Waals surface area contributed by atoms with Crippen LogP contribution < -0.4 is 20.9 Å². The first-order valence-corrected chi connectivity index (χ1v) is 8.50. The van der Waals surface area contributed by atoms with E-state index >= 15 is 0 Å². The first-order chi connectivity index (χ1) is 11.0. The summed E-state index contributed by atoms with van der Waals surface area (Å²) >= 11 is 3.01. The number of aromatic hydroxyl groups is 1. The van der Waals surface area contributed by atoms with E-state index in [9.17, 15) is 9.90 Å². The number of amides is 1. The number of carbonyl (C=O) groups is 1. The van der Waals surface area contributed by atoms with Crippen LogP contribution in [-0.4, -0.2) is 34.1 Å². The van der Waals surface area contributed by atoms with E-state index in [1.54, 1.807) is 17.8 Å². The minimum atomic E-state index is -0.254. The maximum absolute atomic E-state index is 11.3. The zero-order chi connectivity index (χ0) is 16.8. The molecule has 0 aliphatic rings. The summed E-state index contributed by atoms with van der Waals surface area (Å²) in [6, 6.07) is 2.97. The smallest absolute Gasteiger partial charge is 0.225 e. The van der Waals surface area contributed by atoms with Crippen molar-refractivity contribution < 1.29 is 14.6 Å². The predicted molar refractivity (Wildman–Crippen MR) is 92.5 cm³/mol. The molecule has 0 saturated heterocycles. The fourth-order valence-corrected chi connectivity index (χ4v) is 3.29. The van der Waals surface area contributed by atoms with Crippen molar-refractivity contribution in [1.82, 2.24) is 10.2 Å². The lowest BCUT2D eigenvalue weighted by atomic mass is 10.2. The molecule has 2 aromatic rings. The summed E-state index contributed by atoms with van der Waals surface area (Å²) in [5.41, 5.74) is 6.79. The molecule has 0 unspecified atom stereocenters. The van der Waals surface area contributed by atoms with Gasteiger partial charge in [0.15, 0.2) is 15.8 Å². The molecular formula is C13H17N5O3S2. The van der Waals surface area contributed by atoms with Gasteiger partial charge < -0.3 is 15.2 Å². The zero-order valence-corrected chi connectivity index (χ0v) is 14.5. The fourth-order valence-electron chi connectivity index (χ4n) is 1.69. The van der Waals surface area contributed by atoms with Crippen LogP contribution in [0.1, 0.15) is 13.8 Å². The molecule has 23 heavy (non-hydrogen) atoms. The van der Waals surface area contributed by atoms with Gasteiger partial charge in [-0.1, -0.05) is 30.0 Å². The number of aromatic nitrogens is 2. The number of phenols is 1. The molecule has 1 heterocycles. The van der Waals surface area contributed by atoms with E-state index in [1.807, 2.05) is 6.92 Å². The number of phenolic OH excluding ortho intramolecular Hbond substituents is 1. The Labute approximate surface area is 141 Å². The van der Waals surface area contributed by atoms with E-state index in [0.717, 1.165) is 10.1 Å². The zero-order valence-electron chi connectivity index (χ0n) is 12.8. The van der Waals surface area contributed by atoms with Crippen LogP contribution in [0, 0.1) is 0 Å². The highest BCUT2D eigenvalue weighted by Crippen LogP contribution is 2.36. The summed E-state index contributed by atoms with van der Waals surface area (Å²) in [5, 5.41) is 21.1. The van der Waals surface area contributed by atoms with E-state index in [-0.39, 0.29) is 17.4 Å². The molecule has 4 N–H and O–H groups in total. The molecule has 0 aliphatic carbocycles. The normalized spacial score (nSPS) is 10.2. The molecule has 0 aliphatic heterocycles. The molecule has 0 spiro atoms. The third-order valence-corrected chi connectivity index (χ3v) is 4.46. The molecule has 2 rings (SSSR count). The molecule has 0 fully saturated rings. The summed E-state index contributed by atoms with van der Waals surface area (Å²) in [5.74, 6) is 0.876. The molecule has 0 bridgehead atoms. The molecule has 1 amide bonds. The van der Waals surface area contributed by atoms with Gasteiger partial charge in [0.2, 0.25) is 11.0 Å². The fraction of sp³-hybridized carbons (Fsp3) is 0.308. The second kappa shape index (κ2) is 7.88. The number of thioether (sulfide) groups is 1. The Morgan fingerprint density at radius 2 is 2.13 bits per heavy atom. The second-order valence-electron chi connectivity index (χ2n) is 4.31. The minimum Gasteiger partial charge on any atom is -0.504 e. The van der Waals surface area contributed by atoms with Gasteiger partial charge >= 0.3 is 0 Å². The van der Waals surface area contributed by atoms with Crippen LogP contribution >= 0.6 is 23.1 Å². The molecule has 8 nitrogen and oxygen atoms in total. The average Bonchev–Trinajstić information content (AvgIpc) is 2.94. The number of hydrogen-bond acceptors (Lipinski definition) is 9. The average molecular weight is 355 g/mol. The van der Waals surface area contributed by atoms with Crippen molar-refractivity contribution in [3.63, 3.8) is 0 Å². The third-order valence-electron chi connectivity index (χ3n) is 2.61. The summed E-state index contributed by atoms with van der Waals surface area (Å²) in [6.45, 7) is 3.43. The van der Waals surface area contributed by atoms with Crippen LogP contribution in [-0.2, 0) is 4.79 Å². The van der Waals surface area contributed by atoms with E-state index in [4.69, 9.17) is 4.74 Å². The summed E-state index contributed by atoms with van der Waals surface area (Å²) in [6.07, 6.45) is 0. The number of ether oxygens (including phenoxy) is 1. The Morgan fingerprint density at radius 3 is 2.78 bits per heavy atom. The third kappa shape index (κ3) is 4.63. The number of hydrogen-bond donors (Lipinski definition) is 4. The maximum Gasteiger partial charge on any atom is 0.225 e. The number of nitrogens with zero attached hydrogens (tertiary/aromatic N) is 2. The van der Waals surface area contributed by atoms with E-state index < -0.39 is 0 Å². The van der Waals surface area contributed by atoms with Gasteiger partial charge in [-0.15, -0.1) is 10.2 Å². The van der Waals surface area contributed by atoms with Gasteiger partial charge in [-0.25, -0.2) is 0 Å². The van der Waals surface area contributed by atoms with Crippen LogP contribution in [0.25, 0.3) is 0 Å². The number of methoxy groups -OCH3 is 1. The highest BCUT2D eigenvalue weighted by molar-refractivity contribution is 8.01. The van der Waals surface area contributed by atoms with Crippen molar-refractivity contribution in [2.75, 3.05) is 29.0 Å². The Hall–Kier alpha value is -2.20. The van der Waals surface area contributed by atoms with E-state index in [1.165, 1.54) is 31.4 Å². The monoisotopic (exact) mass is 355 g/mol. The Morgan fingerprint density at radius 1 is 1.35 bits per heavy atom. The Balaban J connectivity index is 2.17. The van der Waals surface area contributed by atoms with Crippen molar-refractivity contribution in [3.8, 4) is 11.5 Å². The van der Waals surface area contributed by atoms with Gasteiger partial charge in [0.05, 0.1) is 18.5 Å². The largest absolute Gasteiger partial charge is 0.504 e. The van der Waals surface area contributed by atoms with Crippen molar-refractivity contribution >= 4 is 45.5 Å². The predicted octanol–water partition coefficient (Wildman–Crippen LogP) is 2.76. The lowest BCUT2D eigenvalue weighted by Crippen LogP contribution is -2.13. The highest BCUT2D eigenvalue weighted by Gasteiger charge is 2.12. The highest BCUT2D eigenvalue weighted by atomic mass is 32.2. The molecule has 0 saturated carbocycles. The first-order valence-electron chi connectivity index (χ1n) is 6.70. The number of carbonyl (C=O) groups excluding carboxylic acids is 1. The van der Waals surface area contributed by atoms with Gasteiger partial charge in [-0.3, -0.25) is 15.6 Å². The van der Waals surface area contributed by atoms with Gasteiger partial charge in [0.25, 0.3) is 0 Å². The molecular weight excluding hydrogens is 338 g/mol. The van der Waals surface area contributed by atoms with Gasteiger partial charge in [0, 0.05) is 19.1 Å². The van der Waals surface area contributed by atoms with Crippen LogP contribution in [0.4, 0.5) is 16.5 Å². The Bertz CT molecular complexity index is 692. The van der Waals surface area contributed by atoms with Crippen molar-refractivity contribution in [3.05, 3.63) is 12.1 Å². The lowest BCUT2D eigenvalue weighted by Gasteiger charge is -2.15. The molecule has 0 atom stereocenters. The van der Waals surface area contributed by atoms with Gasteiger partial charge in [-0.2, -0.15) is 0 Å². The number of hydrazine groups is 1. The second-order valence-corrected chi connectivity index (χ2v) is 6.80. The summed E-state index contributed by atoms with van der Waals surface area (Å²) in [4.78, 5) is 11.3. The molecule has 124 valence electrons. The summed E-state index contributed by atoms with van der Waals surface area (Å²) < 4.78 is 5.94. The van der Waals surface area contributed by atoms with Crippen LogP contribution in [0.5, 0.6) is 11.5 Å².